The average molecular weight is 333 g/mol. The highest BCUT2D eigenvalue weighted by Crippen LogP contribution is 2.10. The monoisotopic (exact) mass is 333 g/mol. The number of aromatic nitrogens is 1. The van der Waals surface area contributed by atoms with Crippen molar-refractivity contribution in [2.24, 2.45) is 0 Å². The Morgan fingerprint density at radius 3 is 3.00 bits per heavy atom. The molecule has 0 radical (unpaired) electrons. The number of ether oxygens (including phenoxy) is 1. The Hall–Kier alpha value is -1.03. The molecule has 0 spiro atoms. The van der Waals surface area contributed by atoms with E-state index in [1.54, 1.807) is 0 Å². The maximum atomic E-state index is 11.8. The third-order valence-electron chi connectivity index (χ3n) is 3.11. The number of nitrogens with one attached hydrogen (secondary N) is 1. The molecule has 2 heterocycles. The third kappa shape index (κ3) is 5.03. The Balaban J connectivity index is 1.78. The van der Waals surface area contributed by atoms with E-state index in [4.69, 9.17) is 4.74 Å². The lowest BCUT2D eigenvalue weighted by molar-refractivity contribution is -0.121. The van der Waals surface area contributed by atoms with Crippen LogP contribution in [0.5, 0.6) is 0 Å². The van der Waals surface area contributed by atoms with Gasteiger partial charge in [-0.2, -0.15) is 4.31 Å². The molecular formula is C12H19N3O4S2. The van der Waals surface area contributed by atoms with Crippen LogP contribution in [0.15, 0.2) is 5.38 Å². The Bertz CT molecular complexity index is 599. The van der Waals surface area contributed by atoms with Gasteiger partial charge < -0.3 is 10.1 Å². The van der Waals surface area contributed by atoms with Crippen molar-refractivity contribution in [3.63, 3.8) is 0 Å². The van der Waals surface area contributed by atoms with Crippen molar-refractivity contribution in [1.29, 1.82) is 0 Å². The van der Waals surface area contributed by atoms with Gasteiger partial charge in [0.25, 0.3) is 0 Å². The summed E-state index contributed by atoms with van der Waals surface area (Å²) in [6, 6.07) is 0. The second kappa shape index (κ2) is 6.82. The van der Waals surface area contributed by atoms with Crippen LogP contribution >= 0.6 is 11.3 Å². The summed E-state index contributed by atoms with van der Waals surface area (Å²) in [5, 5.41) is 5.55. The lowest BCUT2D eigenvalue weighted by Gasteiger charge is -2.31. The molecule has 1 saturated heterocycles. The lowest BCUT2D eigenvalue weighted by Crippen LogP contribution is -2.49. The first-order chi connectivity index (χ1) is 9.84. The van der Waals surface area contributed by atoms with Crippen LogP contribution in [0.2, 0.25) is 0 Å². The van der Waals surface area contributed by atoms with Crippen LogP contribution in [0, 0.1) is 6.92 Å². The summed E-state index contributed by atoms with van der Waals surface area (Å²) >= 11 is 1.51. The van der Waals surface area contributed by atoms with Crippen LogP contribution < -0.4 is 5.32 Å². The topological polar surface area (TPSA) is 88.6 Å². The molecule has 21 heavy (non-hydrogen) atoms. The molecule has 1 aromatic rings. The van der Waals surface area contributed by atoms with Crippen molar-refractivity contribution in [3.05, 3.63) is 16.1 Å². The predicted octanol–water partition coefficient (Wildman–Crippen LogP) is -0.229. The van der Waals surface area contributed by atoms with E-state index < -0.39 is 10.0 Å². The van der Waals surface area contributed by atoms with Crippen molar-refractivity contribution in [1.82, 2.24) is 14.6 Å². The molecule has 1 aromatic heterocycles. The number of carbonyl (C=O) groups is 1. The van der Waals surface area contributed by atoms with E-state index in [0.29, 0.717) is 19.7 Å². The van der Waals surface area contributed by atoms with Gasteiger partial charge in [0.2, 0.25) is 15.9 Å². The van der Waals surface area contributed by atoms with E-state index in [1.807, 2.05) is 12.3 Å². The molecular weight excluding hydrogens is 314 g/mol. The molecule has 9 heteroatoms. The summed E-state index contributed by atoms with van der Waals surface area (Å²) in [5.74, 6) is -0.139. The van der Waals surface area contributed by atoms with Gasteiger partial charge in [0.15, 0.2) is 0 Å². The van der Waals surface area contributed by atoms with Crippen LogP contribution in [0.4, 0.5) is 0 Å². The predicted molar refractivity (Wildman–Crippen MR) is 79.7 cm³/mol. The molecule has 1 atom stereocenters. The number of nitrogens with zero attached hydrogens (tertiary/aromatic N) is 2. The fourth-order valence-electron chi connectivity index (χ4n) is 2.06. The second-order valence-corrected chi connectivity index (χ2v) is 8.00. The van der Waals surface area contributed by atoms with E-state index >= 15 is 0 Å². The molecule has 1 N–H and O–H groups in total. The van der Waals surface area contributed by atoms with Crippen LogP contribution in [0.25, 0.3) is 0 Å². The second-order valence-electron chi connectivity index (χ2n) is 4.95. The Morgan fingerprint density at radius 1 is 1.62 bits per heavy atom. The van der Waals surface area contributed by atoms with Gasteiger partial charge in [-0.3, -0.25) is 4.79 Å². The van der Waals surface area contributed by atoms with E-state index in [-0.39, 0.29) is 25.0 Å². The number of hydrogen-bond acceptors (Lipinski definition) is 6. The highest BCUT2D eigenvalue weighted by atomic mass is 32.2. The molecule has 1 fully saturated rings. The summed E-state index contributed by atoms with van der Waals surface area (Å²) in [6.45, 7) is 3.17. The number of hydrogen-bond donors (Lipinski definition) is 1. The minimum Gasteiger partial charge on any atom is -0.374 e. The first kappa shape index (κ1) is 16.3. The van der Waals surface area contributed by atoms with Gasteiger partial charge in [-0.25, -0.2) is 13.4 Å². The largest absolute Gasteiger partial charge is 0.374 e. The maximum Gasteiger partial charge on any atom is 0.226 e. The van der Waals surface area contributed by atoms with Crippen LogP contribution in [0.3, 0.4) is 0 Å². The summed E-state index contributed by atoms with van der Waals surface area (Å²) in [7, 11) is -3.21. The van der Waals surface area contributed by atoms with Gasteiger partial charge in [0, 0.05) is 25.0 Å². The zero-order valence-corrected chi connectivity index (χ0v) is 13.7. The minimum atomic E-state index is -3.21. The zero-order chi connectivity index (χ0) is 15.5. The van der Waals surface area contributed by atoms with Gasteiger partial charge in [-0.15, -0.1) is 11.3 Å². The van der Waals surface area contributed by atoms with Gasteiger partial charge in [-0.05, 0) is 6.92 Å². The van der Waals surface area contributed by atoms with E-state index in [1.165, 1.54) is 21.9 Å². The summed E-state index contributed by atoms with van der Waals surface area (Å²) in [6.07, 6.45) is 1.10. The van der Waals surface area contributed by atoms with Crippen LogP contribution in [-0.4, -0.2) is 62.2 Å². The molecule has 1 aliphatic rings. The van der Waals surface area contributed by atoms with Gasteiger partial charge >= 0.3 is 0 Å². The van der Waals surface area contributed by atoms with Gasteiger partial charge in [0.1, 0.15) is 0 Å². The van der Waals surface area contributed by atoms with E-state index in [2.05, 4.69) is 10.3 Å². The standard InChI is InChI=1S/C12H19N3O4S2/c1-9-14-10(8-20-9)5-12(16)13-6-11-7-15(3-4-19-11)21(2,17)18/h8,11H,3-7H2,1-2H3,(H,13,16). The molecule has 1 aliphatic heterocycles. The first-order valence-electron chi connectivity index (χ1n) is 6.59. The van der Waals surface area contributed by atoms with Crippen molar-refractivity contribution in [2.45, 2.75) is 19.4 Å². The normalized spacial score (nSPS) is 20.4. The number of aryl methyl sites for hydroxylation is 1. The lowest BCUT2D eigenvalue weighted by atomic mass is 10.3. The summed E-state index contributed by atoms with van der Waals surface area (Å²) in [5.41, 5.74) is 0.748. The number of sulfonamides is 1. The van der Waals surface area contributed by atoms with Gasteiger partial charge in [-0.1, -0.05) is 0 Å². The van der Waals surface area contributed by atoms with E-state index in [9.17, 15) is 13.2 Å². The number of thiazole rings is 1. The Morgan fingerprint density at radius 2 is 2.38 bits per heavy atom. The molecule has 7 nitrogen and oxygen atoms in total. The first-order valence-corrected chi connectivity index (χ1v) is 9.32. The highest BCUT2D eigenvalue weighted by Gasteiger charge is 2.26. The molecule has 1 amide bonds. The maximum absolute atomic E-state index is 11.8. The summed E-state index contributed by atoms with van der Waals surface area (Å²) < 4.78 is 29.8. The number of carbonyl (C=O) groups excluding carboxylic acids is 1. The average Bonchev–Trinajstić information content (AvgIpc) is 2.81. The quantitative estimate of drug-likeness (QED) is 0.804. The zero-order valence-electron chi connectivity index (χ0n) is 12.0. The number of amides is 1. The third-order valence-corrected chi connectivity index (χ3v) is 5.20. The molecule has 2 rings (SSSR count). The van der Waals surface area contributed by atoms with Crippen molar-refractivity contribution < 1.29 is 17.9 Å². The van der Waals surface area contributed by atoms with Crippen molar-refractivity contribution >= 4 is 27.3 Å². The van der Waals surface area contributed by atoms with Gasteiger partial charge in [0.05, 0.1) is 36.1 Å². The SMILES string of the molecule is Cc1nc(CC(=O)NCC2CN(S(C)(=O)=O)CCO2)cs1. The number of rotatable bonds is 5. The molecule has 0 aliphatic carbocycles. The Labute approximate surface area is 128 Å². The molecule has 0 saturated carbocycles. The fraction of sp³-hybridized carbons (Fsp3) is 0.667. The number of morpholine rings is 1. The molecule has 1 unspecified atom stereocenters. The molecule has 118 valence electrons. The Kier molecular flexibility index (Phi) is 5.31. The highest BCUT2D eigenvalue weighted by molar-refractivity contribution is 7.88. The molecule has 0 aromatic carbocycles. The molecule has 0 bridgehead atoms. The minimum absolute atomic E-state index is 0.139. The fourth-order valence-corrected chi connectivity index (χ4v) is 3.52. The van der Waals surface area contributed by atoms with Crippen LogP contribution in [0.1, 0.15) is 10.7 Å². The van der Waals surface area contributed by atoms with E-state index in [0.717, 1.165) is 10.7 Å². The van der Waals surface area contributed by atoms with Crippen molar-refractivity contribution in [3.8, 4) is 0 Å². The van der Waals surface area contributed by atoms with Crippen molar-refractivity contribution in [2.75, 3.05) is 32.5 Å². The van der Waals surface area contributed by atoms with Crippen LogP contribution in [-0.2, 0) is 26.0 Å². The smallest absolute Gasteiger partial charge is 0.226 e. The summed E-state index contributed by atoms with van der Waals surface area (Å²) in [4.78, 5) is 16.0.